The first kappa shape index (κ1) is 19.8. The lowest BCUT2D eigenvalue weighted by atomic mass is 9.86. The molecule has 3 heterocycles. The first-order chi connectivity index (χ1) is 12.5. The number of rotatable bonds is 4. The van der Waals surface area contributed by atoms with E-state index in [1.165, 1.54) is 38.1 Å². The number of benzene rings is 2. The predicted molar refractivity (Wildman–Crippen MR) is 98.8 cm³/mol. The monoisotopic (exact) mass is 399 g/mol. The molecular weight excluding hydrogens is 379 g/mol. The second-order valence-corrected chi connectivity index (χ2v) is 6.89. The van der Waals surface area contributed by atoms with Crippen LogP contribution in [0.1, 0.15) is 18.4 Å². The van der Waals surface area contributed by atoms with Crippen molar-refractivity contribution in [3.8, 4) is 17.2 Å². The normalized spacial score (nSPS) is 24.2. The zero-order valence-corrected chi connectivity index (χ0v) is 15.4. The molecule has 0 N–H and O–H groups in total. The van der Waals surface area contributed by atoms with Crippen molar-refractivity contribution in [1.29, 1.82) is 0 Å². The van der Waals surface area contributed by atoms with Gasteiger partial charge >= 0.3 is 6.18 Å². The average Bonchev–Trinajstić information content (AvgIpc) is 2.64. The lowest BCUT2D eigenvalue weighted by Crippen LogP contribution is -2.52. The van der Waals surface area contributed by atoms with Crippen LogP contribution in [-0.4, -0.2) is 30.6 Å². The van der Waals surface area contributed by atoms with Crippen molar-refractivity contribution >= 4 is 12.4 Å². The third-order valence-corrected chi connectivity index (χ3v) is 5.12. The fourth-order valence-electron chi connectivity index (χ4n) is 3.65. The lowest BCUT2D eigenvalue weighted by Gasteiger charge is -2.44. The molecule has 3 fully saturated rings. The van der Waals surface area contributed by atoms with Crippen LogP contribution in [0.25, 0.3) is 0 Å². The summed E-state index contributed by atoms with van der Waals surface area (Å²) in [4.78, 5) is 2.44. The van der Waals surface area contributed by atoms with Crippen LogP contribution in [0.5, 0.6) is 17.2 Å². The van der Waals surface area contributed by atoms with Gasteiger partial charge in [-0.3, -0.25) is 4.90 Å². The number of alkyl halides is 3. The van der Waals surface area contributed by atoms with Gasteiger partial charge in [0, 0.05) is 6.54 Å². The molecule has 2 aromatic carbocycles. The smallest absolute Gasteiger partial charge is 0.416 e. The summed E-state index contributed by atoms with van der Waals surface area (Å²) in [7, 11) is 0. The van der Waals surface area contributed by atoms with E-state index in [2.05, 4.69) is 4.90 Å². The van der Waals surface area contributed by atoms with E-state index in [4.69, 9.17) is 9.47 Å². The maximum atomic E-state index is 12.6. The minimum Gasteiger partial charge on any atom is -0.489 e. The Kier molecular flexibility index (Phi) is 5.86. The van der Waals surface area contributed by atoms with E-state index >= 15 is 0 Å². The molecule has 0 spiro atoms. The molecule has 0 aliphatic carbocycles. The van der Waals surface area contributed by atoms with Crippen molar-refractivity contribution in [2.75, 3.05) is 19.6 Å². The molecule has 3 nitrogen and oxygen atoms in total. The van der Waals surface area contributed by atoms with E-state index < -0.39 is 11.7 Å². The van der Waals surface area contributed by atoms with Crippen LogP contribution in [0.15, 0.2) is 48.5 Å². The van der Waals surface area contributed by atoms with E-state index in [1.807, 2.05) is 12.1 Å². The summed E-state index contributed by atoms with van der Waals surface area (Å²) in [5.74, 6) is 2.35. The van der Waals surface area contributed by atoms with Crippen molar-refractivity contribution in [3.63, 3.8) is 0 Å². The maximum absolute atomic E-state index is 12.6. The van der Waals surface area contributed by atoms with Gasteiger partial charge in [-0.25, -0.2) is 0 Å². The molecule has 146 valence electrons. The van der Waals surface area contributed by atoms with E-state index in [1.54, 1.807) is 12.1 Å². The van der Waals surface area contributed by atoms with Crippen molar-refractivity contribution in [2.45, 2.75) is 25.1 Å². The minimum absolute atomic E-state index is 0. The second kappa shape index (κ2) is 7.98. The highest BCUT2D eigenvalue weighted by Gasteiger charge is 2.35. The summed E-state index contributed by atoms with van der Waals surface area (Å²) >= 11 is 0. The molecular formula is C20H21ClF3NO2. The second-order valence-electron chi connectivity index (χ2n) is 6.89. The van der Waals surface area contributed by atoms with Gasteiger partial charge < -0.3 is 9.47 Å². The van der Waals surface area contributed by atoms with Crippen LogP contribution in [0, 0.1) is 5.92 Å². The van der Waals surface area contributed by atoms with Gasteiger partial charge in [0.2, 0.25) is 0 Å². The molecule has 27 heavy (non-hydrogen) atoms. The van der Waals surface area contributed by atoms with Crippen molar-refractivity contribution in [2.24, 2.45) is 5.92 Å². The largest absolute Gasteiger partial charge is 0.489 e. The molecule has 3 saturated heterocycles. The van der Waals surface area contributed by atoms with Gasteiger partial charge in [-0.05, 0) is 80.4 Å². The topological polar surface area (TPSA) is 21.7 Å². The van der Waals surface area contributed by atoms with Crippen molar-refractivity contribution < 1.29 is 22.6 Å². The highest BCUT2D eigenvalue weighted by molar-refractivity contribution is 5.85. The first-order valence-corrected chi connectivity index (χ1v) is 8.81. The number of nitrogens with zero attached hydrogens (tertiary/aromatic N) is 1. The Morgan fingerprint density at radius 1 is 0.815 bits per heavy atom. The average molecular weight is 400 g/mol. The molecule has 2 aromatic rings. The summed E-state index contributed by atoms with van der Waals surface area (Å²) in [6.07, 6.45) is -1.72. The Labute approximate surface area is 162 Å². The Morgan fingerprint density at radius 3 is 1.81 bits per heavy atom. The highest BCUT2D eigenvalue weighted by atomic mass is 35.5. The zero-order valence-electron chi connectivity index (χ0n) is 14.6. The SMILES string of the molecule is Cl.FC(F)(F)c1ccc(Oc2ccc(OC3CN4CCC3CC4)cc2)cc1. The minimum atomic E-state index is -4.34. The Balaban J connectivity index is 0.00000210. The number of fused-ring (bicyclic) bond motifs is 3. The zero-order chi connectivity index (χ0) is 18.1. The van der Waals surface area contributed by atoms with Crippen LogP contribution in [0.4, 0.5) is 13.2 Å². The Bertz CT molecular complexity index is 741. The standard InChI is InChI=1S/C20H20F3NO2.ClH/c21-20(22,23)15-1-3-16(4-2-15)25-17-5-7-18(8-6-17)26-19-13-24-11-9-14(19)10-12-24;/h1-8,14,19H,9-13H2;1H. The number of hydrogen-bond donors (Lipinski definition) is 0. The molecule has 3 aliphatic heterocycles. The van der Waals surface area contributed by atoms with Gasteiger partial charge in [0.05, 0.1) is 5.56 Å². The number of hydrogen-bond acceptors (Lipinski definition) is 3. The summed E-state index contributed by atoms with van der Waals surface area (Å²) in [5.41, 5.74) is -0.689. The fourth-order valence-corrected chi connectivity index (χ4v) is 3.65. The highest BCUT2D eigenvalue weighted by Crippen LogP contribution is 2.33. The Morgan fingerprint density at radius 2 is 1.33 bits per heavy atom. The molecule has 0 amide bonds. The molecule has 3 aliphatic rings. The summed E-state index contributed by atoms with van der Waals surface area (Å²) in [6, 6.07) is 11.9. The third kappa shape index (κ3) is 4.68. The quantitative estimate of drug-likeness (QED) is 0.687. The van der Waals surface area contributed by atoms with E-state index in [0.717, 1.165) is 24.4 Å². The number of ether oxygens (including phenoxy) is 2. The molecule has 0 aromatic heterocycles. The van der Waals surface area contributed by atoms with Gasteiger partial charge in [0.1, 0.15) is 23.4 Å². The third-order valence-electron chi connectivity index (χ3n) is 5.12. The van der Waals surface area contributed by atoms with Crippen LogP contribution in [0.2, 0.25) is 0 Å². The first-order valence-electron chi connectivity index (χ1n) is 8.81. The Hall–Kier alpha value is -1.92. The fraction of sp³-hybridized carbons (Fsp3) is 0.400. The van der Waals surface area contributed by atoms with Gasteiger partial charge in [-0.1, -0.05) is 0 Å². The van der Waals surface area contributed by atoms with Crippen molar-refractivity contribution in [3.05, 3.63) is 54.1 Å². The van der Waals surface area contributed by atoms with Gasteiger partial charge in [0.25, 0.3) is 0 Å². The van der Waals surface area contributed by atoms with E-state index in [0.29, 0.717) is 17.4 Å². The van der Waals surface area contributed by atoms with Crippen molar-refractivity contribution in [1.82, 2.24) is 4.90 Å². The molecule has 0 radical (unpaired) electrons. The van der Waals surface area contributed by atoms with Gasteiger partial charge in [0.15, 0.2) is 0 Å². The predicted octanol–water partition coefficient (Wildman–Crippen LogP) is 5.39. The molecule has 1 unspecified atom stereocenters. The number of piperidine rings is 3. The van der Waals surface area contributed by atoms with Crippen LogP contribution in [-0.2, 0) is 6.18 Å². The molecule has 7 heteroatoms. The number of halogens is 4. The lowest BCUT2D eigenvalue weighted by molar-refractivity contribution is -0.137. The maximum Gasteiger partial charge on any atom is 0.416 e. The van der Waals surface area contributed by atoms with E-state index in [9.17, 15) is 13.2 Å². The summed E-state index contributed by atoms with van der Waals surface area (Å²) in [5, 5.41) is 0. The molecule has 1 atom stereocenters. The van der Waals surface area contributed by atoms with Crippen LogP contribution < -0.4 is 9.47 Å². The van der Waals surface area contributed by atoms with E-state index in [-0.39, 0.29) is 18.5 Å². The van der Waals surface area contributed by atoms with Gasteiger partial charge in [-0.2, -0.15) is 13.2 Å². The molecule has 0 saturated carbocycles. The summed E-state index contributed by atoms with van der Waals surface area (Å²) in [6.45, 7) is 3.32. The van der Waals surface area contributed by atoms with Crippen LogP contribution >= 0.6 is 12.4 Å². The van der Waals surface area contributed by atoms with Gasteiger partial charge in [-0.15, -0.1) is 12.4 Å². The molecule has 2 bridgehead atoms. The molecule has 5 rings (SSSR count). The van der Waals surface area contributed by atoms with Crippen LogP contribution in [0.3, 0.4) is 0 Å². The summed E-state index contributed by atoms with van der Waals surface area (Å²) < 4.78 is 49.5.